The summed E-state index contributed by atoms with van der Waals surface area (Å²) in [5.74, 6) is 1.08. The normalized spacial score (nSPS) is 13.2. The molecule has 3 nitrogen and oxygen atoms in total. The molecule has 1 atom stereocenters. The molecule has 0 rings (SSSR count). The van der Waals surface area contributed by atoms with Gasteiger partial charge < -0.3 is 15.6 Å². The van der Waals surface area contributed by atoms with Crippen molar-refractivity contribution in [2.24, 2.45) is 5.73 Å². The highest BCUT2D eigenvalue weighted by molar-refractivity contribution is 7.98. The Morgan fingerprint density at radius 2 is 2.33 bits per heavy atom. The van der Waals surface area contributed by atoms with Gasteiger partial charge >= 0.3 is 0 Å². The minimum Gasteiger partial charge on any atom is -0.396 e. The zero-order valence-electron chi connectivity index (χ0n) is 7.66. The van der Waals surface area contributed by atoms with Gasteiger partial charge in [0.1, 0.15) is 0 Å². The van der Waals surface area contributed by atoms with Gasteiger partial charge in [0, 0.05) is 19.8 Å². The van der Waals surface area contributed by atoms with Crippen LogP contribution in [0.15, 0.2) is 0 Å². The van der Waals surface area contributed by atoms with Crippen LogP contribution < -0.4 is 5.73 Å². The first-order valence-electron chi connectivity index (χ1n) is 4.26. The second kappa shape index (κ2) is 9.32. The van der Waals surface area contributed by atoms with Gasteiger partial charge in [-0.2, -0.15) is 11.8 Å². The van der Waals surface area contributed by atoms with Crippen molar-refractivity contribution in [1.29, 1.82) is 0 Å². The van der Waals surface area contributed by atoms with Gasteiger partial charge in [0.25, 0.3) is 0 Å². The molecule has 1 unspecified atom stereocenters. The van der Waals surface area contributed by atoms with E-state index in [9.17, 15) is 0 Å². The maximum atomic E-state index is 8.51. The molecule has 0 saturated carbocycles. The van der Waals surface area contributed by atoms with E-state index in [1.54, 1.807) is 11.8 Å². The summed E-state index contributed by atoms with van der Waals surface area (Å²) in [6, 6.07) is 0. The van der Waals surface area contributed by atoms with Crippen LogP contribution in [-0.2, 0) is 4.74 Å². The van der Waals surface area contributed by atoms with Gasteiger partial charge in [-0.05, 0) is 24.9 Å². The van der Waals surface area contributed by atoms with Crippen LogP contribution in [-0.4, -0.2) is 43.0 Å². The maximum Gasteiger partial charge on any atom is 0.0705 e. The fourth-order valence-corrected chi connectivity index (χ4v) is 1.33. The van der Waals surface area contributed by atoms with Crippen LogP contribution in [0.4, 0.5) is 0 Å². The Kier molecular flexibility index (Phi) is 9.50. The Balaban J connectivity index is 3.26. The molecule has 0 aromatic rings. The molecule has 0 aliphatic heterocycles. The van der Waals surface area contributed by atoms with Crippen LogP contribution in [0.1, 0.15) is 12.8 Å². The van der Waals surface area contributed by atoms with Gasteiger partial charge in [-0.1, -0.05) is 0 Å². The number of rotatable bonds is 8. The van der Waals surface area contributed by atoms with Crippen molar-refractivity contribution in [2.75, 3.05) is 31.8 Å². The van der Waals surface area contributed by atoms with Crippen molar-refractivity contribution in [3.05, 3.63) is 0 Å². The second-order valence-electron chi connectivity index (χ2n) is 2.59. The fourth-order valence-electron chi connectivity index (χ4n) is 0.833. The van der Waals surface area contributed by atoms with Crippen molar-refractivity contribution in [3.63, 3.8) is 0 Å². The van der Waals surface area contributed by atoms with E-state index in [1.807, 2.05) is 0 Å². The minimum absolute atomic E-state index is 0.170. The number of aliphatic hydroxyl groups is 1. The minimum atomic E-state index is 0.170. The van der Waals surface area contributed by atoms with Crippen molar-refractivity contribution < 1.29 is 9.84 Å². The van der Waals surface area contributed by atoms with Gasteiger partial charge in [-0.15, -0.1) is 0 Å². The Morgan fingerprint density at radius 3 is 2.83 bits per heavy atom. The standard InChI is InChI=1S/C8H19NO2S/c1-12-6-3-8(7-9)11-5-2-4-10/h8,10H,2-7,9H2,1H3. The van der Waals surface area contributed by atoms with Gasteiger partial charge in [0.15, 0.2) is 0 Å². The van der Waals surface area contributed by atoms with Gasteiger partial charge in [-0.3, -0.25) is 0 Å². The Labute approximate surface area is 78.7 Å². The van der Waals surface area contributed by atoms with Crippen molar-refractivity contribution in [1.82, 2.24) is 0 Å². The first kappa shape index (κ1) is 12.2. The Morgan fingerprint density at radius 1 is 1.58 bits per heavy atom. The summed E-state index contributed by atoms with van der Waals surface area (Å²) < 4.78 is 5.44. The van der Waals surface area contributed by atoms with Gasteiger partial charge in [-0.25, -0.2) is 0 Å². The number of nitrogens with two attached hydrogens (primary N) is 1. The third-order valence-corrected chi connectivity index (χ3v) is 2.21. The molecule has 12 heavy (non-hydrogen) atoms. The van der Waals surface area contributed by atoms with E-state index in [1.165, 1.54) is 0 Å². The molecular formula is C8H19NO2S. The molecule has 0 fully saturated rings. The van der Waals surface area contributed by atoms with E-state index in [0.717, 1.165) is 12.2 Å². The monoisotopic (exact) mass is 193 g/mol. The third kappa shape index (κ3) is 6.91. The quantitative estimate of drug-likeness (QED) is 0.550. The Bertz CT molecular complexity index is 93.1. The summed E-state index contributed by atoms with van der Waals surface area (Å²) in [5, 5.41) is 8.51. The highest BCUT2D eigenvalue weighted by Crippen LogP contribution is 2.03. The molecular weight excluding hydrogens is 174 g/mol. The Hall–Kier alpha value is 0.230. The third-order valence-electron chi connectivity index (χ3n) is 1.56. The first-order chi connectivity index (χ1) is 5.85. The molecule has 0 radical (unpaired) electrons. The molecule has 0 bridgehead atoms. The van der Waals surface area contributed by atoms with Crippen LogP contribution in [0, 0.1) is 0 Å². The summed E-state index contributed by atoms with van der Waals surface area (Å²) in [4.78, 5) is 0. The molecule has 0 aliphatic rings. The van der Waals surface area contributed by atoms with Crippen LogP contribution in [0.25, 0.3) is 0 Å². The van der Waals surface area contributed by atoms with Gasteiger partial charge in [0.2, 0.25) is 0 Å². The maximum absolute atomic E-state index is 8.51. The molecule has 0 amide bonds. The molecule has 0 aromatic heterocycles. The number of hydrogen-bond acceptors (Lipinski definition) is 4. The average Bonchev–Trinajstić information content (AvgIpc) is 2.11. The molecule has 0 spiro atoms. The van der Waals surface area contributed by atoms with Crippen LogP contribution in [0.2, 0.25) is 0 Å². The number of ether oxygens (including phenoxy) is 1. The summed E-state index contributed by atoms with van der Waals surface area (Å²) in [6.45, 7) is 1.39. The SMILES string of the molecule is CSCCC(CN)OCCCO. The lowest BCUT2D eigenvalue weighted by Gasteiger charge is -2.14. The van der Waals surface area contributed by atoms with E-state index >= 15 is 0 Å². The lowest BCUT2D eigenvalue weighted by atomic mass is 10.3. The van der Waals surface area contributed by atoms with Crippen LogP contribution in [0.3, 0.4) is 0 Å². The molecule has 0 aromatic carbocycles. The molecule has 74 valence electrons. The highest BCUT2D eigenvalue weighted by atomic mass is 32.2. The van der Waals surface area contributed by atoms with E-state index in [0.29, 0.717) is 19.6 Å². The van der Waals surface area contributed by atoms with Crippen molar-refractivity contribution in [2.45, 2.75) is 18.9 Å². The summed E-state index contributed by atoms with van der Waals surface area (Å²) in [6.07, 6.45) is 3.95. The van der Waals surface area contributed by atoms with Crippen LogP contribution >= 0.6 is 11.8 Å². The zero-order chi connectivity index (χ0) is 9.23. The fraction of sp³-hybridized carbons (Fsp3) is 1.00. The molecule has 0 saturated heterocycles. The predicted molar refractivity (Wildman–Crippen MR) is 53.5 cm³/mol. The predicted octanol–water partition coefficient (Wildman–Crippen LogP) is 0.466. The van der Waals surface area contributed by atoms with E-state index in [4.69, 9.17) is 15.6 Å². The lowest BCUT2D eigenvalue weighted by molar-refractivity contribution is 0.0481. The molecule has 3 N–H and O–H groups in total. The van der Waals surface area contributed by atoms with Crippen LogP contribution in [0.5, 0.6) is 0 Å². The summed E-state index contributed by atoms with van der Waals surface area (Å²) in [7, 11) is 0. The van der Waals surface area contributed by atoms with Gasteiger partial charge in [0.05, 0.1) is 6.10 Å². The molecule has 0 heterocycles. The van der Waals surface area contributed by atoms with E-state index < -0.39 is 0 Å². The van der Waals surface area contributed by atoms with E-state index in [-0.39, 0.29) is 12.7 Å². The number of thioether (sulfide) groups is 1. The summed E-state index contributed by atoms with van der Waals surface area (Å²) in [5.41, 5.74) is 5.50. The second-order valence-corrected chi connectivity index (χ2v) is 3.57. The molecule has 0 aliphatic carbocycles. The summed E-state index contributed by atoms with van der Waals surface area (Å²) >= 11 is 1.80. The first-order valence-corrected chi connectivity index (χ1v) is 5.66. The lowest BCUT2D eigenvalue weighted by Crippen LogP contribution is -2.25. The largest absolute Gasteiger partial charge is 0.396 e. The topological polar surface area (TPSA) is 55.5 Å². The van der Waals surface area contributed by atoms with Crippen molar-refractivity contribution >= 4 is 11.8 Å². The highest BCUT2D eigenvalue weighted by Gasteiger charge is 2.04. The smallest absolute Gasteiger partial charge is 0.0705 e. The molecule has 4 heteroatoms. The van der Waals surface area contributed by atoms with E-state index in [2.05, 4.69) is 6.26 Å². The average molecular weight is 193 g/mol. The van der Waals surface area contributed by atoms with Crippen molar-refractivity contribution in [3.8, 4) is 0 Å². The zero-order valence-corrected chi connectivity index (χ0v) is 8.48. The number of aliphatic hydroxyl groups excluding tert-OH is 1. The number of hydrogen-bond donors (Lipinski definition) is 2.